The van der Waals surface area contributed by atoms with Gasteiger partial charge in [0.05, 0.1) is 5.69 Å². The zero-order valence-corrected chi connectivity index (χ0v) is 12.9. The fourth-order valence-electron chi connectivity index (χ4n) is 2.54. The van der Waals surface area contributed by atoms with E-state index in [1.165, 1.54) is 6.07 Å². The van der Waals surface area contributed by atoms with Crippen molar-refractivity contribution in [3.8, 4) is 11.3 Å². The molecule has 0 radical (unpaired) electrons. The molecule has 0 aliphatic rings. The van der Waals surface area contributed by atoms with E-state index >= 15 is 0 Å². The summed E-state index contributed by atoms with van der Waals surface area (Å²) >= 11 is 0. The van der Waals surface area contributed by atoms with E-state index in [4.69, 9.17) is 0 Å². The topological polar surface area (TPSA) is 12.9 Å². The third-order valence-corrected chi connectivity index (χ3v) is 3.86. The van der Waals surface area contributed by atoms with Gasteiger partial charge in [-0.15, -0.1) is 0 Å². The van der Waals surface area contributed by atoms with Gasteiger partial charge in [0.15, 0.2) is 0 Å². The van der Waals surface area contributed by atoms with Crippen molar-refractivity contribution in [3.63, 3.8) is 0 Å². The summed E-state index contributed by atoms with van der Waals surface area (Å²) < 4.78 is 13.2. The van der Waals surface area contributed by atoms with Gasteiger partial charge in [0.1, 0.15) is 5.82 Å². The Morgan fingerprint density at radius 2 is 1.78 bits per heavy atom. The number of pyridine rings is 1. The lowest BCUT2D eigenvalue weighted by atomic mass is 9.98. The lowest BCUT2D eigenvalue weighted by molar-refractivity contribution is 0.625. The highest BCUT2D eigenvalue weighted by Crippen LogP contribution is 2.23. The number of allylic oxidation sites excluding steroid dienone is 1. The van der Waals surface area contributed by atoms with E-state index in [0.717, 1.165) is 40.8 Å². The van der Waals surface area contributed by atoms with Crippen molar-refractivity contribution in [2.75, 3.05) is 0 Å². The van der Waals surface area contributed by atoms with Crippen LogP contribution in [-0.2, 0) is 6.42 Å². The molecule has 3 rings (SSSR count). The Morgan fingerprint density at radius 3 is 2.48 bits per heavy atom. The van der Waals surface area contributed by atoms with Crippen LogP contribution in [0.25, 0.3) is 16.8 Å². The lowest BCUT2D eigenvalue weighted by Gasteiger charge is -2.08. The van der Waals surface area contributed by atoms with Crippen LogP contribution in [0.2, 0.25) is 0 Å². The van der Waals surface area contributed by atoms with Gasteiger partial charge in [0, 0.05) is 11.8 Å². The Balaban J connectivity index is 1.66. The van der Waals surface area contributed by atoms with E-state index < -0.39 is 0 Å². The molecule has 0 atom stereocenters. The molecule has 0 fully saturated rings. The van der Waals surface area contributed by atoms with Crippen LogP contribution in [0.15, 0.2) is 79.5 Å². The maximum Gasteiger partial charge on any atom is 0.123 e. The van der Waals surface area contributed by atoms with E-state index in [0.29, 0.717) is 0 Å². The number of aryl methyl sites for hydroxylation is 1. The molecule has 0 saturated heterocycles. The van der Waals surface area contributed by atoms with Crippen LogP contribution in [0.4, 0.5) is 4.39 Å². The van der Waals surface area contributed by atoms with Crippen molar-refractivity contribution in [3.05, 3.63) is 96.4 Å². The maximum absolute atomic E-state index is 13.2. The summed E-state index contributed by atoms with van der Waals surface area (Å²) in [4.78, 5) is 4.35. The minimum absolute atomic E-state index is 0.187. The standard InChI is InChI=1S/C21H18FN/c1-16(8-9-17-5-4-6-20(22)15-17)18-10-12-19(13-11-18)21-7-2-3-14-23-21/h2-7,10-15H,1,8-9H2. The number of benzene rings is 2. The van der Waals surface area contributed by atoms with Gasteiger partial charge >= 0.3 is 0 Å². The van der Waals surface area contributed by atoms with E-state index in [2.05, 4.69) is 35.8 Å². The molecule has 3 aromatic rings. The minimum Gasteiger partial charge on any atom is -0.256 e. The van der Waals surface area contributed by atoms with E-state index in [1.807, 2.05) is 24.3 Å². The highest BCUT2D eigenvalue weighted by Gasteiger charge is 2.03. The van der Waals surface area contributed by atoms with Gasteiger partial charge in [-0.25, -0.2) is 4.39 Å². The first-order valence-corrected chi connectivity index (χ1v) is 7.66. The highest BCUT2D eigenvalue weighted by atomic mass is 19.1. The van der Waals surface area contributed by atoms with Crippen LogP contribution >= 0.6 is 0 Å². The van der Waals surface area contributed by atoms with Crippen LogP contribution in [0, 0.1) is 5.82 Å². The summed E-state index contributed by atoms with van der Waals surface area (Å²) in [5, 5.41) is 0. The molecule has 2 aromatic carbocycles. The lowest BCUT2D eigenvalue weighted by Crippen LogP contribution is -1.90. The number of hydrogen-bond donors (Lipinski definition) is 0. The van der Waals surface area contributed by atoms with Crippen molar-refractivity contribution >= 4 is 5.57 Å². The van der Waals surface area contributed by atoms with Gasteiger partial charge in [-0.2, -0.15) is 0 Å². The second kappa shape index (κ2) is 7.01. The predicted octanol–water partition coefficient (Wildman–Crippen LogP) is 5.53. The Morgan fingerprint density at radius 1 is 0.957 bits per heavy atom. The van der Waals surface area contributed by atoms with Crippen LogP contribution < -0.4 is 0 Å². The third-order valence-electron chi connectivity index (χ3n) is 3.86. The zero-order valence-electron chi connectivity index (χ0n) is 12.9. The molecule has 0 bridgehead atoms. The second-order valence-corrected chi connectivity index (χ2v) is 5.53. The normalized spacial score (nSPS) is 10.5. The molecule has 0 amide bonds. The average molecular weight is 303 g/mol. The zero-order chi connectivity index (χ0) is 16.1. The fourth-order valence-corrected chi connectivity index (χ4v) is 2.54. The van der Waals surface area contributed by atoms with Crippen molar-refractivity contribution in [1.29, 1.82) is 0 Å². The second-order valence-electron chi connectivity index (χ2n) is 5.53. The largest absolute Gasteiger partial charge is 0.256 e. The first-order chi connectivity index (χ1) is 11.2. The summed E-state index contributed by atoms with van der Waals surface area (Å²) in [6.07, 6.45) is 3.39. The van der Waals surface area contributed by atoms with Crippen LogP contribution in [0.5, 0.6) is 0 Å². The van der Waals surface area contributed by atoms with Crippen molar-refractivity contribution in [1.82, 2.24) is 4.98 Å². The molecular formula is C21H18FN. The number of halogens is 1. The Bertz CT molecular complexity index is 792. The summed E-state index contributed by atoms with van der Waals surface area (Å²) in [5.41, 5.74) is 5.22. The predicted molar refractivity (Wildman–Crippen MR) is 93.4 cm³/mol. The van der Waals surface area contributed by atoms with Crippen LogP contribution in [-0.4, -0.2) is 4.98 Å². The molecule has 2 heteroatoms. The van der Waals surface area contributed by atoms with E-state index in [9.17, 15) is 4.39 Å². The van der Waals surface area contributed by atoms with Gasteiger partial charge in [-0.1, -0.05) is 49.0 Å². The quantitative estimate of drug-likeness (QED) is 0.603. The monoisotopic (exact) mass is 303 g/mol. The first kappa shape index (κ1) is 15.2. The number of rotatable bonds is 5. The van der Waals surface area contributed by atoms with Gasteiger partial charge in [0.2, 0.25) is 0 Å². The molecule has 0 saturated carbocycles. The third kappa shape index (κ3) is 3.92. The summed E-state index contributed by atoms with van der Waals surface area (Å²) in [5.74, 6) is -0.187. The van der Waals surface area contributed by atoms with Crippen molar-refractivity contribution in [2.45, 2.75) is 12.8 Å². The minimum atomic E-state index is -0.187. The van der Waals surface area contributed by atoms with Gasteiger partial charge in [0.25, 0.3) is 0 Å². The Kier molecular flexibility index (Phi) is 4.62. The smallest absolute Gasteiger partial charge is 0.123 e. The number of hydrogen-bond acceptors (Lipinski definition) is 1. The van der Waals surface area contributed by atoms with Crippen molar-refractivity contribution in [2.24, 2.45) is 0 Å². The maximum atomic E-state index is 13.2. The van der Waals surface area contributed by atoms with Gasteiger partial charge in [-0.05, 0) is 53.8 Å². The molecule has 1 aromatic heterocycles. The number of aromatic nitrogens is 1. The van der Waals surface area contributed by atoms with E-state index in [1.54, 1.807) is 18.3 Å². The molecular weight excluding hydrogens is 285 g/mol. The fraction of sp³-hybridized carbons (Fsp3) is 0.0952. The molecule has 1 heterocycles. The highest BCUT2D eigenvalue weighted by molar-refractivity contribution is 5.68. The van der Waals surface area contributed by atoms with Crippen LogP contribution in [0.3, 0.4) is 0 Å². The molecule has 114 valence electrons. The average Bonchev–Trinajstić information content (AvgIpc) is 2.61. The SMILES string of the molecule is C=C(CCc1cccc(F)c1)c1ccc(-c2ccccn2)cc1. The molecule has 0 aliphatic heterocycles. The molecule has 0 aliphatic carbocycles. The molecule has 0 unspecified atom stereocenters. The van der Waals surface area contributed by atoms with Gasteiger partial charge in [-0.3, -0.25) is 4.98 Å². The molecule has 0 spiro atoms. The summed E-state index contributed by atoms with van der Waals surface area (Å²) in [6, 6.07) is 20.9. The number of nitrogens with zero attached hydrogens (tertiary/aromatic N) is 1. The van der Waals surface area contributed by atoms with Crippen molar-refractivity contribution < 1.29 is 4.39 Å². The first-order valence-electron chi connectivity index (χ1n) is 7.66. The van der Waals surface area contributed by atoms with Gasteiger partial charge < -0.3 is 0 Å². The molecule has 1 nitrogen and oxygen atoms in total. The molecule has 23 heavy (non-hydrogen) atoms. The summed E-state index contributed by atoms with van der Waals surface area (Å²) in [6.45, 7) is 4.16. The van der Waals surface area contributed by atoms with E-state index in [-0.39, 0.29) is 5.82 Å². The molecule has 0 N–H and O–H groups in total. The Labute approximate surface area is 136 Å². The van der Waals surface area contributed by atoms with Crippen LogP contribution in [0.1, 0.15) is 17.5 Å². The Hall–Kier alpha value is -2.74. The summed E-state index contributed by atoms with van der Waals surface area (Å²) in [7, 11) is 0.